The van der Waals surface area contributed by atoms with Gasteiger partial charge in [0.05, 0.1) is 5.56 Å². The average Bonchev–Trinajstić information content (AvgIpc) is 2.95. The molecule has 0 heterocycles. The van der Waals surface area contributed by atoms with Crippen LogP contribution >= 0.6 is 0 Å². The van der Waals surface area contributed by atoms with Crippen molar-refractivity contribution in [2.24, 2.45) is 0 Å². The van der Waals surface area contributed by atoms with Crippen LogP contribution in [0.3, 0.4) is 0 Å². The fourth-order valence-corrected chi connectivity index (χ4v) is 3.66. The summed E-state index contributed by atoms with van der Waals surface area (Å²) in [5, 5.41) is 8.38. The number of benzene rings is 1. The van der Waals surface area contributed by atoms with E-state index in [1.807, 2.05) is 0 Å². The second-order valence-electron chi connectivity index (χ2n) is 6.24. The molecule has 0 aliphatic heterocycles. The van der Waals surface area contributed by atoms with Gasteiger partial charge in [-0.15, -0.1) is 0 Å². The third-order valence-electron chi connectivity index (χ3n) is 4.75. The normalized spacial score (nSPS) is 14.1. The molecule has 0 saturated heterocycles. The third-order valence-corrected chi connectivity index (χ3v) is 4.75. The Bertz CT molecular complexity index is 613. The van der Waals surface area contributed by atoms with Gasteiger partial charge in [0.15, 0.2) is 0 Å². The largest absolute Gasteiger partial charge is 3.00 e. The fraction of sp³-hybridized carbons (Fsp3) is 0.364. The van der Waals surface area contributed by atoms with Crippen molar-refractivity contribution in [3.63, 3.8) is 0 Å². The molecule has 2 aliphatic rings. The zero-order chi connectivity index (χ0) is 15.4. The van der Waals surface area contributed by atoms with Gasteiger partial charge in [0.1, 0.15) is 0 Å². The van der Waals surface area contributed by atoms with Crippen LogP contribution < -0.4 is 0 Å². The predicted octanol–water partition coefficient (Wildman–Crippen LogP) is 5.45. The second kappa shape index (κ2) is 11.4. The number of aromatic carboxylic acids is 1. The number of carboxylic acids is 1. The maximum Gasteiger partial charge on any atom is 3.00 e. The molecule has 0 amide bonds. The van der Waals surface area contributed by atoms with Crippen molar-refractivity contribution < 1.29 is 31.6 Å². The van der Waals surface area contributed by atoms with Gasteiger partial charge in [0, 0.05) is 0 Å². The molecular formula is C22H29O2Ti. The van der Waals surface area contributed by atoms with Crippen molar-refractivity contribution >= 4 is 5.97 Å². The minimum Gasteiger partial charge on any atom is -0.478 e. The zero-order valence-electron chi connectivity index (χ0n) is 15.5. The van der Waals surface area contributed by atoms with Crippen LogP contribution in [0.15, 0.2) is 36.4 Å². The number of hydrogen-bond acceptors (Lipinski definition) is 1. The Morgan fingerprint density at radius 2 is 1.24 bits per heavy atom. The van der Waals surface area contributed by atoms with Crippen LogP contribution in [0, 0.1) is 14.9 Å². The number of hydrogen-bond donors (Lipinski definition) is 1. The van der Waals surface area contributed by atoms with Crippen molar-refractivity contribution in [1.29, 1.82) is 0 Å². The first kappa shape index (κ1) is 23.8. The summed E-state index contributed by atoms with van der Waals surface area (Å²) >= 11 is 0. The summed E-state index contributed by atoms with van der Waals surface area (Å²) in [6, 6.07) is 10.8. The first-order valence-corrected chi connectivity index (χ1v) is 8.33. The average molecular weight is 373 g/mol. The first-order valence-electron chi connectivity index (χ1n) is 8.33. The molecule has 4 rings (SSSR count). The first-order chi connectivity index (χ1) is 10.8. The molecule has 0 unspecified atom stereocenters. The van der Waals surface area contributed by atoms with Gasteiger partial charge in [0.25, 0.3) is 0 Å². The van der Waals surface area contributed by atoms with Crippen LogP contribution in [0.1, 0.15) is 58.3 Å². The van der Waals surface area contributed by atoms with Crippen molar-refractivity contribution in [2.45, 2.75) is 51.4 Å². The van der Waals surface area contributed by atoms with Crippen LogP contribution in [0.2, 0.25) is 0 Å². The van der Waals surface area contributed by atoms with Gasteiger partial charge in [-0.2, -0.15) is 28.3 Å². The van der Waals surface area contributed by atoms with Crippen molar-refractivity contribution in [3.05, 3.63) is 79.1 Å². The van der Waals surface area contributed by atoms with Crippen LogP contribution in [-0.2, 0) is 47.4 Å². The van der Waals surface area contributed by atoms with Crippen LogP contribution in [0.5, 0.6) is 0 Å². The monoisotopic (exact) mass is 373 g/mol. The van der Waals surface area contributed by atoms with Gasteiger partial charge < -0.3 is 20.0 Å². The van der Waals surface area contributed by atoms with Gasteiger partial charge in [-0.1, -0.05) is 69.6 Å². The number of aryl methyl sites for hydroxylation is 2. The quantitative estimate of drug-likeness (QED) is 0.533. The number of fused-ring (bicyclic) bond motifs is 3. The third kappa shape index (κ3) is 5.90. The molecule has 0 aromatic heterocycles. The van der Waals surface area contributed by atoms with Crippen LogP contribution in [0.4, 0.5) is 0 Å². The summed E-state index contributed by atoms with van der Waals surface area (Å²) in [6.07, 6.45) is 11.2. The van der Waals surface area contributed by atoms with Gasteiger partial charge in [-0.05, 0) is 12.1 Å². The van der Waals surface area contributed by atoms with E-state index in [9.17, 15) is 4.79 Å². The molecule has 0 fully saturated rings. The van der Waals surface area contributed by atoms with Crippen molar-refractivity contribution in [1.82, 2.24) is 0 Å². The minimum absolute atomic E-state index is 0. The molecule has 133 valence electrons. The Balaban J connectivity index is 0.000000435. The summed E-state index contributed by atoms with van der Waals surface area (Å²) in [5.74, 6) is -0.879. The van der Waals surface area contributed by atoms with E-state index in [0.29, 0.717) is 5.56 Å². The molecule has 2 nitrogen and oxygen atoms in total. The molecule has 2 aliphatic carbocycles. The Morgan fingerprint density at radius 3 is 1.64 bits per heavy atom. The second-order valence-corrected chi connectivity index (χ2v) is 6.24. The molecule has 0 bridgehead atoms. The zero-order valence-corrected chi connectivity index (χ0v) is 17.0. The number of carbonyl (C=O) groups is 1. The summed E-state index contributed by atoms with van der Waals surface area (Å²) in [4.78, 5) is 10.2. The van der Waals surface area contributed by atoms with E-state index in [1.54, 1.807) is 52.6 Å². The Hall–Kier alpha value is -1.25. The van der Waals surface area contributed by atoms with E-state index in [2.05, 4.69) is 6.07 Å². The summed E-state index contributed by atoms with van der Waals surface area (Å²) in [6.45, 7) is 0. The van der Waals surface area contributed by atoms with E-state index < -0.39 is 5.97 Å². The van der Waals surface area contributed by atoms with Gasteiger partial charge >= 0.3 is 27.7 Å². The maximum atomic E-state index is 10.2. The molecule has 0 spiro atoms. The van der Waals surface area contributed by atoms with Gasteiger partial charge in [-0.3, -0.25) is 0 Å². The maximum absolute atomic E-state index is 10.2. The van der Waals surface area contributed by atoms with E-state index >= 15 is 0 Å². The molecule has 2 aromatic carbocycles. The summed E-state index contributed by atoms with van der Waals surface area (Å²) in [5.41, 5.74) is 7.27. The Morgan fingerprint density at radius 1 is 0.800 bits per heavy atom. The van der Waals surface area contributed by atoms with E-state index in [1.165, 1.54) is 51.4 Å². The molecule has 3 heteroatoms. The predicted molar refractivity (Wildman–Crippen MR) is 102 cm³/mol. The van der Waals surface area contributed by atoms with Crippen LogP contribution in [-0.4, -0.2) is 11.1 Å². The van der Waals surface area contributed by atoms with Crippen molar-refractivity contribution in [2.75, 3.05) is 0 Å². The van der Waals surface area contributed by atoms with E-state index in [4.69, 9.17) is 5.11 Å². The van der Waals surface area contributed by atoms with Gasteiger partial charge in [0.2, 0.25) is 0 Å². The van der Waals surface area contributed by atoms with Crippen molar-refractivity contribution in [3.8, 4) is 0 Å². The number of carboxylic acid groups (broad SMARTS) is 1. The van der Waals surface area contributed by atoms with E-state index in [0.717, 1.165) is 0 Å². The fourth-order valence-electron chi connectivity index (χ4n) is 3.66. The minimum atomic E-state index is -0.879. The summed E-state index contributed by atoms with van der Waals surface area (Å²) in [7, 11) is 0. The molecular weight excluding hydrogens is 344 g/mol. The molecule has 1 radical (unpaired) electrons. The topological polar surface area (TPSA) is 37.3 Å². The summed E-state index contributed by atoms with van der Waals surface area (Å²) < 4.78 is 0. The molecule has 2 aromatic rings. The van der Waals surface area contributed by atoms with E-state index in [-0.39, 0.29) is 36.6 Å². The van der Waals surface area contributed by atoms with Gasteiger partial charge in [-0.25, -0.2) is 4.79 Å². The SMILES string of the molecule is O=C(O)c1ccccc1.[CH3-].[CH3-].[Ti+3].[cH-]1c2c(c3c1CCCC3)CCCC2. The Labute approximate surface area is 167 Å². The molecule has 0 saturated carbocycles. The smallest absolute Gasteiger partial charge is 0.478 e. The molecule has 25 heavy (non-hydrogen) atoms. The Kier molecular flexibility index (Phi) is 10.8. The number of rotatable bonds is 1. The molecule has 0 atom stereocenters. The molecule has 1 N–H and O–H groups in total. The van der Waals surface area contributed by atoms with Crippen LogP contribution in [0.25, 0.3) is 0 Å². The standard InChI is InChI=1S/C13H17.C7H6O2.2CH3.Ti/c1-3-7-12-10(5-1)9-11-6-2-4-8-13(11)12;8-7(9)6-4-2-1-3-5-6;;;/h9H,1-8H2;1-5H,(H,8,9);2*1H3;/q-1;;2*-1;+3.